The minimum Gasteiger partial charge on any atom is -0.388 e. The molecule has 0 aliphatic carbocycles. The summed E-state index contributed by atoms with van der Waals surface area (Å²) in [4.78, 5) is 2.65. The highest BCUT2D eigenvalue weighted by Gasteiger charge is 2.05. The number of nitrogens with zero attached hydrogens (tertiary/aromatic N) is 3. The van der Waals surface area contributed by atoms with E-state index in [1.54, 1.807) is 0 Å². The van der Waals surface area contributed by atoms with Gasteiger partial charge in [0.05, 0.1) is 6.10 Å². The molecule has 16 heavy (non-hydrogen) atoms. The highest BCUT2D eigenvalue weighted by atomic mass is 16.3. The zero-order valence-corrected chi connectivity index (χ0v) is 9.50. The van der Waals surface area contributed by atoms with Gasteiger partial charge in [-0.1, -0.05) is 42.7 Å². The van der Waals surface area contributed by atoms with Gasteiger partial charge < -0.3 is 5.11 Å². The minimum absolute atomic E-state index is 0.328. The van der Waals surface area contributed by atoms with E-state index in [0.29, 0.717) is 13.0 Å². The van der Waals surface area contributed by atoms with Crippen molar-refractivity contribution in [2.75, 3.05) is 6.54 Å². The van der Waals surface area contributed by atoms with Crippen molar-refractivity contribution in [2.45, 2.75) is 32.3 Å². The van der Waals surface area contributed by atoms with Crippen LogP contribution in [0.25, 0.3) is 10.4 Å². The van der Waals surface area contributed by atoms with Crippen molar-refractivity contribution in [1.29, 1.82) is 0 Å². The molecule has 0 saturated heterocycles. The lowest BCUT2D eigenvalue weighted by atomic mass is 10.0. The van der Waals surface area contributed by atoms with E-state index in [0.717, 1.165) is 18.4 Å². The van der Waals surface area contributed by atoms with Gasteiger partial charge in [-0.05, 0) is 29.5 Å². The molecule has 0 amide bonds. The number of azide groups is 1. The zero-order chi connectivity index (χ0) is 11.8. The van der Waals surface area contributed by atoms with Gasteiger partial charge in [-0.25, -0.2) is 0 Å². The smallest absolute Gasteiger partial charge is 0.0791 e. The first-order chi connectivity index (χ1) is 7.77. The summed E-state index contributed by atoms with van der Waals surface area (Å²) in [7, 11) is 0. The first-order valence-corrected chi connectivity index (χ1v) is 5.55. The van der Waals surface area contributed by atoms with Crippen molar-refractivity contribution in [3.8, 4) is 0 Å². The van der Waals surface area contributed by atoms with E-state index in [4.69, 9.17) is 5.53 Å². The third-order valence-electron chi connectivity index (χ3n) is 2.47. The summed E-state index contributed by atoms with van der Waals surface area (Å²) in [6, 6.07) is 7.95. The standard InChI is InChI=1S/C12H17N3O/c1-2-3-10-4-6-11(7-5-10)12(16)8-9-14-15-13/h4-7,12,16H,2-3,8-9H2,1H3. The Morgan fingerprint density at radius 3 is 2.62 bits per heavy atom. The highest BCUT2D eigenvalue weighted by Crippen LogP contribution is 2.17. The van der Waals surface area contributed by atoms with Crippen molar-refractivity contribution in [2.24, 2.45) is 5.11 Å². The molecule has 0 saturated carbocycles. The number of hydrogen-bond donors (Lipinski definition) is 1. The third kappa shape index (κ3) is 3.93. The molecule has 0 radical (unpaired) electrons. The number of aliphatic hydroxyl groups is 1. The van der Waals surface area contributed by atoms with Crippen molar-refractivity contribution in [3.63, 3.8) is 0 Å². The van der Waals surface area contributed by atoms with Gasteiger partial charge in [0.15, 0.2) is 0 Å². The summed E-state index contributed by atoms with van der Waals surface area (Å²) in [5, 5.41) is 13.2. The maximum absolute atomic E-state index is 9.78. The fraction of sp³-hybridized carbons (Fsp3) is 0.500. The van der Waals surface area contributed by atoms with Crippen LogP contribution in [0, 0.1) is 0 Å². The first kappa shape index (κ1) is 12.6. The topological polar surface area (TPSA) is 69.0 Å². The summed E-state index contributed by atoms with van der Waals surface area (Å²) in [6.07, 6.45) is 2.12. The Balaban J connectivity index is 2.55. The second-order valence-corrected chi connectivity index (χ2v) is 3.75. The van der Waals surface area contributed by atoms with Gasteiger partial charge in [-0.15, -0.1) is 0 Å². The van der Waals surface area contributed by atoms with Gasteiger partial charge >= 0.3 is 0 Å². The van der Waals surface area contributed by atoms with E-state index in [2.05, 4.69) is 16.9 Å². The summed E-state index contributed by atoms with van der Waals surface area (Å²) in [6.45, 7) is 2.47. The lowest BCUT2D eigenvalue weighted by molar-refractivity contribution is 0.170. The summed E-state index contributed by atoms with van der Waals surface area (Å²) in [5.41, 5.74) is 10.3. The van der Waals surface area contributed by atoms with Gasteiger partial charge in [-0.3, -0.25) is 0 Å². The summed E-state index contributed by atoms with van der Waals surface area (Å²) < 4.78 is 0. The molecule has 1 unspecified atom stereocenters. The molecule has 1 rings (SSSR count). The molecule has 1 aromatic carbocycles. The van der Waals surface area contributed by atoms with Gasteiger partial charge in [0.2, 0.25) is 0 Å². The summed E-state index contributed by atoms with van der Waals surface area (Å²) in [5.74, 6) is 0. The van der Waals surface area contributed by atoms with Crippen LogP contribution in [-0.2, 0) is 6.42 Å². The zero-order valence-electron chi connectivity index (χ0n) is 9.50. The van der Waals surface area contributed by atoms with Crippen LogP contribution in [0.5, 0.6) is 0 Å². The lowest BCUT2D eigenvalue weighted by Crippen LogP contribution is -1.99. The van der Waals surface area contributed by atoms with E-state index in [1.165, 1.54) is 5.56 Å². The average Bonchev–Trinajstić information content (AvgIpc) is 2.30. The number of benzene rings is 1. The van der Waals surface area contributed by atoms with Crippen LogP contribution in [0.15, 0.2) is 29.4 Å². The maximum Gasteiger partial charge on any atom is 0.0791 e. The van der Waals surface area contributed by atoms with E-state index < -0.39 is 6.10 Å². The number of aliphatic hydroxyl groups excluding tert-OH is 1. The van der Waals surface area contributed by atoms with E-state index >= 15 is 0 Å². The molecule has 0 bridgehead atoms. The molecule has 0 aromatic heterocycles. The van der Waals surface area contributed by atoms with Crippen LogP contribution >= 0.6 is 0 Å². The van der Waals surface area contributed by atoms with Crippen LogP contribution in [0.4, 0.5) is 0 Å². The van der Waals surface area contributed by atoms with Gasteiger partial charge in [0.1, 0.15) is 0 Å². The molecule has 4 heteroatoms. The molecule has 1 aromatic rings. The lowest BCUT2D eigenvalue weighted by Gasteiger charge is -2.09. The summed E-state index contributed by atoms with van der Waals surface area (Å²) >= 11 is 0. The van der Waals surface area contributed by atoms with Crippen LogP contribution in [0.1, 0.15) is 37.0 Å². The molecule has 1 N–H and O–H groups in total. The van der Waals surface area contributed by atoms with Gasteiger partial charge in [0, 0.05) is 11.5 Å². The molecule has 0 spiro atoms. The Morgan fingerprint density at radius 1 is 1.38 bits per heavy atom. The predicted octanol–water partition coefficient (Wildman–Crippen LogP) is 3.37. The molecular weight excluding hydrogens is 202 g/mol. The van der Waals surface area contributed by atoms with E-state index in [1.807, 2.05) is 24.3 Å². The molecule has 1 atom stereocenters. The molecule has 0 aliphatic rings. The van der Waals surface area contributed by atoms with Crippen LogP contribution in [0.2, 0.25) is 0 Å². The van der Waals surface area contributed by atoms with Gasteiger partial charge in [0.25, 0.3) is 0 Å². The third-order valence-corrected chi connectivity index (χ3v) is 2.47. The van der Waals surface area contributed by atoms with Crippen LogP contribution < -0.4 is 0 Å². The van der Waals surface area contributed by atoms with E-state index in [-0.39, 0.29) is 0 Å². The molecule has 4 nitrogen and oxygen atoms in total. The Bertz CT molecular complexity index is 355. The molecule has 86 valence electrons. The van der Waals surface area contributed by atoms with Crippen molar-refractivity contribution < 1.29 is 5.11 Å². The molecule has 0 aliphatic heterocycles. The van der Waals surface area contributed by atoms with Gasteiger partial charge in [-0.2, -0.15) is 0 Å². The quantitative estimate of drug-likeness (QED) is 0.444. The van der Waals surface area contributed by atoms with Crippen molar-refractivity contribution in [1.82, 2.24) is 0 Å². The highest BCUT2D eigenvalue weighted by molar-refractivity contribution is 5.24. The normalized spacial score (nSPS) is 11.9. The predicted molar refractivity (Wildman–Crippen MR) is 64.0 cm³/mol. The maximum atomic E-state index is 9.78. The SMILES string of the molecule is CCCc1ccc(C(O)CCN=[N+]=[N-])cc1. The van der Waals surface area contributed by atoms with Crippen molar-refractivity contribution in [3.05, 3.63) is 45.8 Å². The number of aryl methyl sites for hydroxylation is 1. The fourth-order valence-electron chi connectivity index (χ4n) is 1.59. The minimum atomic E-state index is -0.541. The van der Waals surface area contributed by atoms with Crippen molar-refractivity contribution >= 4 is 0 Å². The number of hydrogen-bond acceptors (Lipinski definition) is 2. The fourth-order valence-corrected chi connectivity index (χ4v) is 1.59. The molecular formula is C12H17N3O. The van der Waals surface area contributed by atoms with E-state index in [9.17, 15) is 5.11 Å². The van der Waals surface area contributed by atoms with Crippen LogP contribution in [0.3, 0.4) is 0 Å². The Hall–Kier alpha value is -1.51. The first-order valence-electron chi connectivity index (χ1n) is 5.55. The largest absolute Gasteiger partial charge is 0.388 e. The Labute approximate surface area is 95.5 Å². The molecule has 0 heterocycles. The monoisotopic (exact) mass is 219 g/mol. The average molecular weight is 219 g/mol. The second-order valence-electron chi connectivity index (χ2n) is 3.75. The number of rotatable bonds is 6. The second kappa shape index (κ2) is 6.88. The Kier molecular flexibility index (Phi) is 5.40. The van der Waals surface area contributed by atoms with Crippen LogP contribution in [-0.4, -0.2) is 11.7 Å². The Morgan fingerprint density at radius 2 is 2.06 bits per heavy atom. The molecule has 0 fully saturated rings.